The van der Waals surface area contributed by atoms with E-state index in [4.69, 9.17) is 9.47 Å². The molecule has 1 aromatic carbocycles. The highest BCUT2D eigenvalue weighted by Crippen LogP contribution is 2.26. The summed E-state index contributed by atoms with van der Waals surface area (Å²) in [5.74, 6) is 0.0139. The van der Waals surface area contributed by atoms with Crippen molar-refractivity contribution < 1.29 is 38.4 Å². The third-order valence-corrected chi connectivity index (χ3v) is 8.60. The molecular formula is C31H45F2N5O6. The predicted molar refractivity (Wildman–Crippen MR) is 160 cm³/mol. The Labute approximate surface area is 257 Å². The lowest BCUT2D eigenvalue weighted by molar-refractivity contribution is -0.129. The van der Waals surface area contributed by atoms with Crippen LogP contribution in [0.15, 0.2) is 24.5 Å². The number of aromatic nitrogens is 2. The summed E-state index contributed by atoms with van der Waals surface area (Å²) < 4.78 is 40.8. The number of nitrogens with one attached hydrogen (secondary N) is 1. The Bertz CT molecular complexity index is 1160. The monoisotopic (exact) mass is 621 g/mol. The molecule has 0 radical (unpaired) electrons. The van der Waals surface area contributed by atoms with Crippen molar-refractivity contribution in [2.45, 2.75) is 51.0 Å². The van der Waals surface area contributed by atoms with E-state index in [-0.39, 0.29) is 23.1 Å². The Morgan fingerprint density at radius 2 is 1.61 bits per heavy atom. The maximum atomic E-state index is 14.8. The molecule has 2 saturated heterocycles. The largest absolute Gasteiger partial charge is 0.493 e. The van der Waals surface area contributed by atoms with E-state index in [1.165, 1.54) is 0 Å². The van der Waals surface area contributed by atoms with Gasteiger partial charge < -0.3 is 39.9 Å². The van der Waals surface area contributed by atoms with Crippen LogP contribution in [0, 0.1) is 23.5 Å². The molecule has 1 atom stereocenters. The Balaban J connectivity index is 1.17. The summed E-state index contributed by atoms with van der Waals surface area (Å²) in [6, 6.07) is 2.27. The number of carbonyl (C=O) groups excluding carboxylic acids is 1. The number of halogens is 2. The quantitative estimate of drug-likeness (QED) is 0.206. The van der Waals surface area contributed by atoms with E-state index >= 15 is 0 Å². The summed E-state index contributed by atoms with van der Waals surface area (Å²) in [6.45, 7) is 4.44. The average Bonchev–Trinajstić information content (AvgIpc) is 3.52. The van der Waals surface area contributed by atoms with Crippen molar-refractivity contribution in [2.24, 2.45) is 11.8 Å². The Morgan fingerprint density at radius 3 is 2.23 bits per heavy atom. The lowest BCUT2D eigenvalue weighted by Gasteiger charge is -2.32. The van der Waals surface area contributed by atoms with Crippen molar-refractivity contribution in [3.8, 4) is 11.5 Å². The van der Waals surface area contributed by atoms with Crippen LogP contribution in [0.4, 0.5) is 14.7 Å². The molecule has 2 aromatic rings. The number of ether oxygens (including phenoxy) is 2. The van der Waals surface area contributed by atoms with Gasteiger partial charge in [0.2, 0.25) is 11.9 Å². The number of nitrogens with zero attached hydrogens (tertiary/aromatic N) is 4. The zero-order valence-corrected chi connectivity index (χ0v) is 25.4. The molecule has 3 heterocycles. The highest BCUT2D eigenvalue weighted by Gasteiger charge is 2.32. The standard InChI is InChI=1S/C31H45F2N5O6/c1-2-43-25-16-34-30(35-17-25)37-8-5-22(6-9-37)4-3-11-44-24-12-27(32)26(28(33)13-24)14-29(42)38-10-7-23(18-38)15-36-31(19-39,20-40)21-41/h12-13,16-17,22-23,36,39-41H,2-11,14-15,18-21H2,1H3/t23-/m0/s1. The van der Waals surface area contributed by atoms with Crippen LogP contribution < -0.4 is 19.7 Å². The molecule has 11 nitrogen and oxygen atoms in total. The molecular weight excluding hydrogens is 576 g/mol. The van der Waals surface area contributed by atoms with Crippen molar-refractivity contribution in [1.82, 2.24) is 20.2 Å². The van der Waals surface area contributed by atoms with Gasteiger partial charge in [0.05, 0.1) is 57.4 Å². The topological polar surface area (TPSA) is 141 Å². The lowest BCUT2D eigenvalue weighted by Crippen LogP contribution is -2.56. The van der Waals surface area contributed by atoms with Crippen LogP contribution in [0.25, 0.3) is 0 Å². The Kier molecular flexibility index (Phi) is 12.5. The highest BCUT2D eigenvalue weighted by molar-refractivity contribution is 5.79. The molecule has 0 spiro atoms. The first-order valence-electron chi connectivity index (χ1n) is 15.5. The van der Waals surface area contributed by atoms with Gasteiger partial charge in [-0.3, -0.25) is 4.79 Å². The van der Waals surface area contributed by atoms with Crippen LogP contribution in [0.2, 0.25) is 0 Å². The smallest absolute Gasteiger partial charge is 0.227 e. The normalized spacial score (nSPS) is 17.7. The fraction of sp³-hybridized carbons (Fsp3) is 0.645. The molecule has 1 amide bonds. The third-order valence-electron chi connectivity index (χ3n) is 8.60. The minimum Gasteiger partial charge on any atom is -0.493 e. The number of likely N-dealkylation sites (tertiary alicyclic amines) is 1. The number of carbonyl (C=O) groups is 1. The van der Waals surface area contributed by atoms with E-state index in [1.54, 1.807) is 17.3 Å². The van der Waals surface area contributed by atoms with Gasteiger partial charge >= 0.3 is 0 Å². The van der Waals surface area contributed by atoms with E-state index in [1.807, 2.05) is 6.92 Å². The van der Waals surface area contributed by atoms with Gasteiger partial charge in [0.15, 0.2) is 5.75 Å². The number of anilines is 1. The van der Waals surface area contributed by atoms with Gasteiger partial charge in [0, 0.05) is 50.4 Å². The summed E-state index contributed by atoms with van der Waals surface area (Å²) in [4.78, 5) is 25.4. The molecule has 4 N–H and O–H groups in total. The first-order chi connectivity index (χ1) is 21.3. The van der Waals surface area contributed by atoms with E-state index in [9.17, 15) is 28.9 Å². The highest BCUT2D eigenvalue weighted by atomic mass is 19.1. The second kappa shape index (κ2) is 16.3. The summed E-state index contributed by atoms with van der Waals surface area (Å²) in [5, 5.41) is 31.4. The first-order valence-corrected chi connectivity index (χ1v) is 15.5. The minimum atomic E-state index is -1.20. The number of hydrogen-bond acceptors (Lipinski definition) is 10. The minimum absolute atomic E-state index is 0.0215. The van der Waals surface area contributed by atoms with E-state index in [0.29, 0.717) is 56.9 Å². The number of aliphatic hydroxyl groups is 3. The van der Waals surface area contributed by atoms with Gasteiger partial charge in [-0.1, -0.05) is 0 Å². The summed E-state index contributed by atoms with van der Waals surface area (Å²) in [6.07, 6.45) is 7.36. The van der Waals surface area contributed by atoms with Crippen LogP contribution in [-0.2, 0) is 11.2 Å². The second-order valence-corrected chi connectivity index (χ2v) is 11.7. The molecule has 44 heavy (non-hydrogen) atoms. The fourth-order valence-electron chi connectivity index (χ4n) is 5.70. The maximum absolute atomic E-state index is 14.8. The molecule has 4 rings (SSSR count). The van der Waals surface area contributed by atoms with Crippen LogP contribution in [-0.4, -0.2) is 107 Å². The summed E-state index contributed by atoms with van der Waals surface area (Å²) in [5.41, 5.74) is -1.48. The number of rotatable bonds is 16. The van der Waals surface area contributed by atoms with Crippen molar-refractivity contribution in [2.75, 3.05) is 70.7 Å². The molecule has 2 aliphatic rings. The molecule has 244 valence electrons. The fourth-order valence-corrected chi connectivity index (χ4v) is 5.70. The molecule has 2 fully saturated rings. The molecule has 13 heteroatoms. The summed E-state index contributed by atoms with van der Waals surface area (Å²) in [7, 11) is 0. The van der Waals surface area contributed by atoms with Crippen molar-refractivity contribution >= 4 is 11.9 Å². The number of aliphatic hydroxyl groups excluding tert-OH is 3. The van der Waals surface area contributed by atoms with Gasteiger partial charge in [0.1, 0.15) is 17.4 Å². The molecule has 1 aromatic heterocycles. The molecule has 0 unspecified atom stereocenters. The summed E-state index contributed by atoms with van der Waals surface area (Å²) >= 11 is 0. The molecule has 0 bridgehead atoms. The number of piperidine rings is 1. The Hall–Kier alpha value is -3.13. The van der Waals surface area contributed by atoms with Crippen LogP contribution in [0.1, 0.15) is 44.6 Å². The number of benzene rings is 1. The van der Waals surface area contributed by atoms with Gasteiger partial charge in [-0.25, -0.2) is 18.7 Å². The van der Waals surface area contributed by atoms with Crippen molar-refractivity contribution in [1.29, 1.82) is 0 Å². The van der Waals surface area contributed by atoms with Crippen molar-refractivity contribution in [3.05, 3.63) is 41.7 Å². The SMILES string of the molecule is CCOc1cnc(N2CCC(CCCOc3cc(F)c(CC(=O)N4CC[C@@H](CNC(CO)(CO)CO)C4)c(F)c3)CC2)nc1. The van der Waals surface area contributed by atoms with Crippen molar-refractivity contribution in [3.63, 3.8) is 0 Å². The number of hydrogen-bond donors (Lipinski definition) is 4. The first kappa shape index (κ1) is 33.8. The maximum Gasteiger partial charge on any atom is 0.227 e. The van der Waals surface area contributed by atoms with Gasteiger partial charge in [-0.15, -0.1) is 0 Å². The van der Waals surface area contributed by atoms with Gasteiger partial charge in [0.25, 0.3) is 0 Å². The zero-order valence-electron chi connectivity index (χ0n) is 25.4. The molecule has 2 aliphatic heterocycles. The van der Waals surface area contributed by atoms with Crippen LogP contribution >= 0.6 is 0 Å². The third kappa shape index (κ3) is 8.96. The second-order valence-electron chi connectivity index (χ2n) is 11.7. The van der Waals surface area contributed by atoms with E-state index in [2.05, 4.69) is 20.2 Å². The zero-order chi connectivity index (χ0) is 31.5. The van der Waals surface area contributed by atoms with Crippen LogP contribution in [0.3, 0.4) is 0 Å². The predicted octanol–water partition coefficient (Wildman–Crippen LogP) is 1.93. The molecule has 0 saturated carbocycles. The lowest BCUT2D eigenvalue weighted by atomic mass is 9.92. The van der Waals surface area contributed by atoms with Crippen LogP contribution in [0.5, 0.6) is 11.5 Å². The van der Waals surface area contributed by atoms with Gasteiger partial charge in [-0.2, -0.15) is 0 Å². The number of amides is 1. The average molecular weight is 622 g/mol. The van der Waals surface area contributed by atoms with E-state index in [0.717, 1.165) is 50.9 Å². The van der Waals surface area contributed by atoms with Gasteiger partial charge in [-0.05, 0) is 50.9 Å². The Morgan fingerprint density at radius 1 is 0.977 bits per heavy atom. The molecule has 0 aliphatic carbocycles. The van der Waals surface area contributed by atoms with E-state index < -0.39 is 43.4 Å².